The Morgan fingerprint density at radius 1 is 1.33 bits per heavy atom. The van der Waals surface area contributed by atoms with Crippen molar-refractivity contribution in [1.29, 1.82) is 0 Å². The Bertz CT molecular complexity index is 391. The number of allylic oxidation sites excluding steroid dienone is 1. The van der Waals surface area contributed by atoms with Crippen LogP contribution in [-0.4, -0.2) is 33.3 Å². The van der Waals surface area contributed by atoms with Gasteiger partial charge in [-0.15, -0.1) is 5.98 Å². The van der Waals surface area contributed by atoms with Crippen molar-refractivity contribution >= 4 is 23.1 Å². The van der Waals surface area contributed by atoms with Crippen molar-refractivity contribution < 1.29 is 13.2 Å². The minimum atomic E-state index is -3.39. The average Bonchev–Trinajstić information content (AvgIpc) is 3.11. The summed E-state index contributed by atoms with van der Waals surface area (Å²) in [5.74, 6) is 1.28. The zero-order valence-electron chi connectivity index (χ0n) is 10.6. The predicted molar refractivity (Wildman–Crippen MR) is 74.3 cm³/mol. The smallest absolute Gasteiger partial charge is 0.260 e. The number of hydrogen-bond donors (Lipinski definition) is 2. The van der Waals surface area contributed by atoms with E-state index in [0.717, 1.165) is 25.7 Å². The Morgan fingerprint density at radius 3 is 2.67 bits per heavy atom. The van der Waals surface area contributed by atoms with Crippen LogP contribution in [0.3, 0.4) is 0 Å². The van der Waals surface area contributed by atoms with Gasteiger partial charge in [0.1, 0.15) is 0 Å². The third-order valence-corrected chi connectivity index (χ3v) is 4.63. The molecule has 0 aromatic rings. The van der Waals surface area contributed by atoms with Crippen molar-refractivity contribution in [3.05, 3.63) is 12.1 Å². The van der Waals surface area contributed by atoms with Crippen LogP contribution in [-0.2, 0) is 10.0 Å². The first-order valence-corrected chi connectivity index (χ1v) is 8.00. The van der Waals surface area contributed by atoms with E-state index >= 15 is 0 Å². The van der Waals surface area contributed by atoms with Crippen molar-refractivity contribution in [1.82, 2.24) is 4.72 Å². The number of sulfonamides is 1. The van der Waals surface area contributed by atoms with Crippen LogP contribution in [0.15, 0.2) is 12.1 Å². The molecule has 1 fully saturated rings. The lowest BCUT2D eigenvalue weighted by atomic mass is 9.77. The van der Waals surface area contributed by atoms with Gasteiger partial charge in [-0.1, -0.05) is 12.5 Å². The van der Waals surface area contributed by atoms with Crippen LogP contribution < -0.4 is 10.5 Å². The van der Waals surface area contributed by atoms with Crippen molar-refractivity contribution in [3.63, 3.8) is 0 Å². The van der Waals surface area contributed by atoms with E-state index in [1.807, 2.05) is 6.08 Å². The quantitative estimate of drug-likeness (QED) is 0.476. The van der Waals surface area contributed by atoms with Gasteiger partial charge in [0.2, 0.25) is 10.0 Å². The van der Waals surface area contributed by atoms with Gasteiger partial charge in [-0.05, 0) is 38.6 Å². The second-order valence-electron chi connectivity index (χ2n) is 4.58. The average molecular weight is 272 g/mol. The highest BCUT2D eigenvalue weighted by molar-refractivity contribution is 7.91. The fourth-order valence-electron chi connectivity index (χ4n) is 1.55. The highest BCUT2D eigenvalue weighted by Crippen LogP contribution is 2.27. The topological polar surface area (TPSA) is 89.3 Å². The summed E-state index contributed by atoms with van der Waals surface area (Å²) in [4.78, 5) is 11.4. The Balaban J connectivity index is 2.11. The van der Waals surface area contributed by atoms with Gasteiger partial charge in [-0.25, -0.2) is 8.42 Å². The number of carbonyl (C=O) groups is 1. The molecule has 0 saturated heterocycles. The number of unbranched alkanes of at least 4 members (excludes halogenated alkanes) is 3. The maximum Gasteiger partial charge on any atom is 0.260 e. The van der Waals surface area contributed by atoms with Crippen molar-refractivity contribution in [3.8, 4) is 0 Å². The van der Waals surface area contributed by atoms with E-state index in [9.17, 15) is 13.2 Å². The lowest BCUT2D eigenvalue weighted by molar-refractivity contribution is 0.263. The van der Waals surface area contributed by atoms with E-state index in [0.29, 0.717) is 19.4 Å². The van der Waals surface area contributed by atoms with Crippen LogP contribution in [0.2, 0.25) is 0 Å². The maximum atomic E-state index is 11.4. The Labute approximate surface area is 109 Å². The molecule has 7 heteroatoms. The van der Waals surface area contributed by atoms with Crippen LogP contribution in [0.1, 0.15) is 38.5 Å². The molecule has 5 nitrogen and oxygen atoms in total. The van der Waals surface area contributed by atoms with Crippen molar-refractivity contribution in [2.45, 2.75) is 43.8 Å². The Morgan fingerprint density at radius 2 is 2.06 bits per heavy atom. The highest BCUT2D eigenvalue weighted by atomic mass is 32.2. The molecule has 1 saturated carbocycles. The van der Waals surface area contributed by atoms with Crippen LogP contribution in [0.5, 0.6) is 0 Å². The molecule has 1 aliphatic rings. The third-order valence-electron chi connectivity index (χ3n) is 2.76. The monoisotopic (exact) mass is 272 g/mol. The molecule has 1 aliphatic carbocycles. The van der Waals surface area contributed by atoms with E-state index in [4.69, 9.17) is 5.73 Å². The van der Waals surface area contributed by atoms with Crippen molar-refractivity contribution in [2.75, 3.05) is 6.54 Å². The van der Waals surface area contributed by atoms with Crippen LogP contribution in [0.25, 0.3) is 0 Å². The van der Waals surface area contributed by atoms with E-state index in [1.165, 1.54) is 0 Å². The predicted octanol–water partition coefficient (Wildman–Crippen LogP) is 0.658. The van der Waals surface area contributed by atoms with Gasteiger partial charge < -0.3 is 5.73 Å². The summed E-state index contributed by atoms with van der Waals surface area (Å²) in [6.07, 6.45) is 7.31. The minimum Gasteiger partial charge on any atom is -0.330 e. The van der Waals surface area contributed by atoms with Gasteiger partial charge >= 0.3 is 0 Å². The molecule has 0 radical (unpaired) electrons. The van der Waals surface area contributed by atoms with E-state index in [-0.39, 0.29) is 12.5 Å². The van der Waals surface area contributed by atoms with Gasteiger partial charge in [-0.3, -0.25) is 9.52 Å². The number of carbonyl (C=O) groups excluding carboxylic acids is 1. The first kappa shape index (κ1) is 15.2. The standard InChI is InChI=1S/C11H21BN2O3S/c13-9-5-3-1-2-4-8-12-11(15)14-18(16,17)10-6-7-10/h4,8,10,12H,1-3,5-7,9,13H2,(H,14,15)/b8-4-. The molecule has 3 N–H and O–H groups in total. The molecule has 102 valence electrons. The fourth-order valence-corrected chi connectivity index (χ4v) is 2.88. The second-order valence-corrected chi connectivity index (χ2v) is 6.54. The van der Waals surface area contributed by atoms with Crippen LogP contribution >= 0.6 is 0 Å². The first-order valence-electron chi connectivity index (χ1n) is 6.46. The molecular weight excluding hydrogens is 251 g/mol. The summed E-state index contributed by atoms with van der Waals surface area (Å²) in [6, 6.07) is 0. The fraction of sp³-hybridized carbons (Fsp3) is 0.727. The molecule has 0 unspecified atom stereocenters. The van der Waals surface area contributed by atoms with Gasteiger partial charge in [0.05, 0.1) is 5.25 Å². The molecule has 18 heavy (non-hydrogen) atoms. The summed E-state index contributed by atoms with van der Waals surface area (Å²) < 4.78 is 25.0. The number of hydrogen-bond acceptors (Lipinski definition) is 4. The first-order chi connectivity index (χ1) is 8.56. The Kier molecular flexibility index (Phi) is 6.42. The van der Waals surface area contributed by atoms with E-state index in [2.05, 4.69) is 4.72 Å². The van der Waals surface area contributed by atoms with Gasteiger partial charge in [0, 0.05) is 0 Å². The molecule has 0 aromatic heterocycles. The zero-order chi connectivity index (χ0) is 13.4. The maximum absolute atomic E-state index is 11.4. The normalized spacial score (nSPS) is 15.8. The number of nitrogens with one attached hydrogen (secondary N) is 1. The minimum absolute atomic E-state index is 0.128. The molecule has 0 atom stereocenters. The molecule has 0 aromatic carbocycles. The molecule has 0 bridgehead atoms. The number of nitrogens with two attached hydrogens (primary N) is 1. The molecule has 0 spiro atoms. The molecule has 0 aliphatic heterocycles. The summed E-state index contributed by atoms with van der Waals surface area (Å²) in [7, 11) is -3.26. The van der Waals surface area contributed by atoms with Gasteiger partial charge in [0.15, 0.2) is 5.81 Å². The lowest BCUT2D eigenvalue weighted by Crippen LogP contribution is -2.35. The highest BCUT2D eigenvalue weighted by Gasteiger charge is 2.36. The number of rotatable bonds is 9. The second kappa shape index (κ2) is 7.58. The van der Waals surface area contributed by atoms with E-state index in [1.54, 1.807) is 5.98 Å². The summed E-state index contributed by atoms with van der Waals surface area (Å²) in [5.41, 5.74) is 5.37. The SMILES string of the molecule is NCCCCC/C=C\BC(=O)NS(=O)(=O)C1CC1. The van der Waals surface area contributed by atoms with Crippen LogP contribution in [0, 0.1) is 0 Å². The summed E-state index contributed by atoms with van der Waals surface area (Å²) in [5, 5.41) is -0.346. The molecule has 1 amide bonds. The largest absolute Gasteiger partial charge is 0.330 e. The third kappa shape index (κ3) is 6.21. The number of amides is 1. The summed E-state index contributed by atoms with van der Waals surface area (Å²) in [6.45, 7) is 0.713. The summed E-state index contributed by atoms with van der Waals surface area (Å²) >= 11 is 0. The van der Waals surface area contributed by atoms with E-state index < -0.39 is 15.8 Å². The van der Waals surface area contributed by atoms with Crippen molar-refractivity contribution in [2.24, 2.45) is 5.73 Å². The Hall–Kier alpha value is -0.815. The van der Waals surface area contributed by atoms with Gasteiger partial charge in [-0.2, -0.15) is 0 Å². The lowest BCUT2D eigenvalue weighted by Gasteiger charge is -2.02. The molecule has 1 rings (SSSR count). The zero-order valence-corrected chi connectivity index (χ0v) is 11.4. The van der Waals surface area contributed by atoms with Crippen LogP contribution in [0.4, 0.5) is 4.79 Å². The molecular formula is C11H21BN2O3S. The van der Waals surface area contributed by atoms with Gasteiger partial charge in [0.25, 0.3) is 7.28 Å². The molecule has 0 heterocycles.